The highest BCUT2D eigenvalue weighted by Crippen LogP contribution is 2.10. The lowest BCUT2D eigenvalue weighted by molar-refractivity contribution is -0.151. The number of ether oxygens (including phenoxy) is 2. The maximum atomic E-state index is 11.6. The van der Waals surface area contributed by atoms with Gasteiger partial charge in [0.2, 0.25) is 0 Å². The third-order valence-electron chi connectivity index (χ3n) is 4.34. The highest BCUT2D eigenvalue weighted by molar-refractivity contribution is 5.69. The second-order valence-electron chi connectivity index (χ2n) is 7.40. The maximum absolute atomic E-state index is 11.6. The van der Waals surface area contributed by atoms with Crippen LogP contribution in [0.15, 0.2) is 48.6 Å². The van der Waals surface area contributed by atoms with Crippen molar-refractivity contribution in [3.05, 3.63) is 48.6 Å². The second kappa shape index (κ2) is 20.7. The minimum atomic E-state index is -1.07. The molecule has 7 heteroatoms. The van der Waals surface area contributed by atoms with Gasteiger partial charge in [-0.05, 0) is 44.9 Å². The lowest BCUT2D eigenvalue weighted by atomic mass is 10.0. The minimum absolute atomic E-state index is 0.0635. The van der Waals surface area contributed by atoms with E-state index in [1.807, 2.05) is 12.2 Å². The van der Waals surface area contributed by atoms with Crippen LogP contribution in [0, 0.1) is 0 Å². The Labute approximate surface area is 192 Å². The first kappa shape index (κ1) is 29.8. The highest BCUT2D eigenvalue weighted by Gasteiger charge is 2.16. The van der Waals surface area contributed by atoms with Crippen molar-refractivity contribution in [3.63, 3.8) is 0 Å². The fraction of sp³-hybridized carbons (Fsp3) is 0.600. The molecule has 0 radical (unpaired) electrons. The van der Waals surface area contributed by atoms with Gasteiger partial charge in [-0.1, -0.05) is 55.5 Å². The van der Waals surface area contributed by atoms with Crippen LogP contribution in [-0.4, -0.2) is 58.8 Å². The van der Waals surface area contributed by atoms with E-state index in [0.29, 0.717) is 12.8 Å². The lowest BCUT2D eigenvalue weighted by Crippen LogP contribution is -2.26. The summed E-state index contributed by atoms with van der Waals surface area (Å²) < 4.78 is 9.48. The number of carbonyl (C=O) groups excluding carboxylic acids is 2. The summed E-state index contributed by atoms with van der Waals surface area (Å²) in [5.41, 5.74) is 0. The Kier molecular flexibility index (Phi) is 19.2. The summed E-state index contributed by atoms with van der Waals surface area (Å²) in [6.07, 6.45) is 18.3. The van der Waals surface area contributed by atoms with Crippen LogP contribution in [0.1, 0.15) is 65.2 Å². The number of rotatable bonds is 18. The SMILES string of the molecule is CC/C=C\C/C=C\C/C=C\C/C=C\C[C@H](O)[C@@H](O)CCCC(=O)OC[C@H](O)COC(C)=O. The largest absolute Gasteiger partial charge is 0.463 e. The summed E-state index contributed by atoms with van der Waals surface area (Å²) >= 11 is 0. The molecule has 0 unspecified atom stereocenters. The van der Waals surface area contributed by atoms with Crippen LogP contribution in [0.3, 0.4) is 0 Å². The highest BCUT2D eigenvalue weighted by atomic mass is 16.6. The van der Waals surface area contributed by atoms with Crippen molar-refractivity contribution in [2.45, 2.75) is 83.5 Å². The van der Waals surface area contributed by atoms with Crippen molar-refractivity contribution >= 4 is 11.9 Å². The normalized spacial score (nSPS) is 15.0. The molecular formula is C25H40O7. The number of allylic oxidation sites excluding steroid dienone is 7. The molecule has 0 bridgehead atoms. The number of hydrogen-bond acceptors (Lipinski definition) is 7. The molecule has 0 fully saturated rings. The summed E-state index contributed by atoms with van der Waals surface area (Å²) in [6.45, 7) is 2.84. The summed E-state index contributed by atoms with van der Waals surface area (Å²) in [6, 6.07) is 0. The van der Waals surface area contributed by atoms with Gasteiger partial charge < -0.3 is 24.8 Å². The first-order chi connectivity index (χ1) is 15.4. The molecule has 0 saturated carbocycles. The van der Waals surface area contributed by atoms with E-state index in [4.69, 9.17) is 4.74 Å². The van der Waals surface area contributed by atoms with E-state index in [-0.39, 0.29) is 26.1 Å². The van der Waals surface area contributed by atoms with Crippen LogP contribution in [0.5, 0.6) is 0 Å². The smallest absolute Gasteiger partial charge is 0.305 e. The molecule has 0 aliphatic rings. The van der Waals surface area contributed by atoms with Gasteiger partial charge in [0.15, 0.2) is 0 Å². The molecule has 0 aliphatic carbocycles. The van der Waals surface area contributed by atoms with Crippen LogP contribution in [0.25, 0.3) is 0 Å². The molecule has 0 saturated heterocycles. The molecule has 3 N–H and O–H groups in total. The number of esters is 2. The summed E-state index contributed by atoms with van der Waals surface area (Å²) in [7, 11) is 0. The fourth-order valence-corrected chi connectivity index (χ4v) is 2.54. The first-order valence-corrected chi connectivity index (χ1v) is 11.3. The van der Waals surface area contributed by atoms with E-state index in [2.05, 4.69) is 48.1 Å². The summed E-state index contributed by atoms with van der Waals surface area (Å²) in [4.78, 5) is 22.3. The van der Waals surface area contributed by atoms with Crippen LogP contribution in [0.2, 0.25) is 0 Å². The molecular weight excluding hydrogens is 412 g/mol. The van der Waals surface area contributed by atoms with Gasteiger partial charge in [0.25, 0.3) is 0 Å². The molecule has 0 aliphatic heterocycles. The molecule has 0 aromatic carbocycles. The first-order valence-electron chi connectivity index (χ1n) is 11.3. The zero-order chi connectivity index (χ0) is 24.0. The zero-order valence-corrected chi connectivity index (χ0v) is 19.4. The number of hydrogen-bond donors (Lipinski definition) is 3. The predicted molar refractivity (Wildman–Crippen MR) is 125 cm³/mol. The van der Waals surface area contributed by atoms with Crippen LogP contribution >= 0.6 is 0 Å². The Morgan fingerprint density at radius 3 is 1.88 bits per heavy atom. The number of aliphatic hydroxyl groups excluding tert-OH is 3. The maximum Gasteiger partial charge on any atom is 0.305 e. The van der Waals surface area contributed by atoms with E-state index in [9.17, 15) is 24.9 Å². The molecule has 32 heavy (non-hydrogen) atoms. The molecule has 0 amide bonds. The fourth-order valence-electron chi connectivity index (χ4n) is 2.54. The van der Waals surface area contributed by atoms with Gasteiger partial charge in [0.05, 0.1) is 12.2 Å². The third-order valence-corrected chi connectivity index (χ3v) is 4.34. The Hall–Kier alpha value is -2.22. The molecule has 3 atom stereocenters. The van der Waals surface area contributed by atoms with Crippen molar-refractivity contribution in [1.82, 2.24) is 0 Å². The van der Waals surface area contributed by atoms with Crippen LogP contribution < -0.4 is 0 Å². The van der Waals surface area contributed by atoms with Gasteiger partial charge in [-0.2, -0.15) is 0 Å². The third kappa shape index (κ3) is 19.7. The average Bonchev–Trinajstić information content (AvgIpc) is 2.76. The monoisotopic (exact) mass is 452 g/mol. The zero-order valence-electron chi connectivity index (χ0n) is 19.4. The van der Waals surface area contributed by atoms with Crippen molar-refractivity contribution in [1.29, 1.82) is 0 Å². The number of carbonyl (C=O) groups is 2. The number of aliphatic hydroxyl groups is 3. The van der Waals surface area contributed by atoms with E-state index < -0.39 is 30.3 Å². The molecule has 0 rings (SSSR count). The molecule has 0 aromatic heterocycles. The van der Waals surface area contributed by atoms with Gasteiger partial charge in [-0.25, -0.2) is 0 Å². The molecule has 0 heterocycles. The van der Waals surface area contributed by atoms with Gasteiger partial charge in [0, 0.05) is 13.3 Å². The van der Waals surface area contributed by atoms with E-state index in [1.54, 1.807) is 0 Å². The van der Waals surface area contributed by atoms with Crippen LogP contribution in [0.4, 0.5) is 0 Å². The van der Waals surface area contributed by atoms with Crippen molar-refractivity contribution in [2.24, 2.45) is 0 Å². The molecule has 182 valence electrons. The lowest BCUT2D eigenvalue weighted by Gasteiger charge is -2.16. The van der Waals surface area contributed by atoms with E-state index in [1.165, 1.54) is 6.92 Å². The van der Waals surface area contributed by atoms with Crippen molar-refractivity contribution in [2.75, 3.05) is 13.2 Å². The Morgan fingerprint density at radius 2 is 1.31 bits per heavy atom. The Bertz CT molecular complexity index is 607. The summed E-state index contributed by atoms with van der Waals surface area (Å²) in [5, 5.41) is 29.5. The average molecular weight is 453 g/mol. The predicted octanol–water partition coefficient (Wildman–Crippen LogP) is 3.54. The minimum Gasteiger partial charge on any atom is -0.463 e. The molecule has 0 aromatic rings. The van der Waals surface area contributed by atoms with Gasteiger partial charge in [-0.3, -0.25) is 9.59 Å². The van der Waals surface area contributed by atoms with Crippen molar-refractivity contribution in [3.8, 4) is 0 Å². The quantitative estimate of drug-likeness (QED) is 0.215. The molecule has 0 spiro atoms. The standard InChI is InChI=1S/C25H40O7/c1-3-4-5-6-7-8-9-10-11-12-13-14-16-23(28)24(29)17-15-18-25(30)32-20-22(27)19-31-21(2)26/h4-5,7-8,10-11,13-14,22-24,27-29H,3,6,9,12,15-20H2,1-2H3/b5-4-,8-7-,11-10-,14-13-/t22-,23+,24+/m1/s1. The molecule has 7 nitrogen and oxygen atoms in total. The van der Waals surface area contributed by atoms with Gasteiger partial charge in [-0.15, -0.1) is 0 Å². The van der Waals surface area contributed by atoms with E-state index >= 15 is 0 Å². The van der Waals surface area contributed by atoms with Crippen LogP contribution in [-0.2, 0) is 19.1 Å². The van der Waals surface area contributed by atoms with Gasteiger partial charge >= 0.3 is 11.9 Å². The van der Waals surface area contributed by atoms with Crippen molar-refractivity contribution < 1.29 is 34.4 Å². The Balaban J connectivity index is 3.82. The van der Waals surface area contributed by atoms with E-state index in [0.717, 1.165) is 25.7 Å². The van der Waals surface area contributed by atoms with Gasteiger partial charge in [0.1, 0.15) is 19.3 Å². The summed E-state index contributed by atoms with van der Waals surface area (Å²) in [5.74, 6) is -1.04. The topological polar surface area (TPSA) is 113 Å². The Morgan fingerprint density at radius 1 is 0.781 bits per heavy atom. The second-order valence-corrected chi connectivity index (χ2v) is 7.40.